The van der Waals surface area contributed by atoms with E-state index in [4.69, 9.17) is 11.6 Å². The number of nitrogens with zero attached hydrogens (tertiary/aromatic N) is 2. The fourth-order valence-corrected chi connectivity index (χ4v) is 1.66. The van der Waals surface area contributed by atoms with Crippen molar-refractivity contribution in [3.63, 3.8) is 0 Å². The van der Waals surface area contributed by atoms with Crippen LogP contribution in [0.1, 0.15) is 25.0 Å². The molecule has 0 fully saturated rings. The van der Waals surface area contributed by atoms with E-state index >= 15 is 0 Å². The zero-order valence-corrected chi connectivity index (χ0v) is 9.72. The fraction of sp³-hybridized carbons (Fsp3) is 0.250. The Morgan fingerprint density at radius 1 is 1.38 bits per heavy atom. The normalized spacial score (nSPS) is 12.7. The van der Waals surface area contributed by atoms with Crippen LogP contribution in [0.25, 0.3) is 5.69 Å². The molecule has 2 aromatic rings. The van der Waals surface area contributed by atoms with Gasteiger partial charge in [0.05, 0.1) is 23.0 Å². The second-order valence-electron chi connectivity index (χ2n) is 3.62. The standard InChI is InChI=1S/C12H13ClN2O/c1-2-12(16)9-3-5-11(6-4-9)15-8-10(13)7-14-15/h3-8,12,16H,2H2,1H3/t12-/m1/s1. The highest BCUT2D eigenvalue weighted by Crippen LogP contribution is 2.18. The van der Waals surface area contributed by atoms with Crippen LogP contribution in [0.3, 0.4) is 0 Å². The van der Waals surface area contributed by atoms with E-state index in [2.05, 4.69) is 5.10 Å². The summed E-state index contributed by atoms with van der Waals surface area (Å²) in [6, 6.07) is 7.63. The van der Waals surface area contributed by atoms with Crippen LogP contribution in [-0.4, -0.2) is 14.9 Å². The molecule has 0 aliphatic rings. The van der Waals surface area contributed by atoms with Crippen LogP contribution in [0.4, 0.5) is 0 Å². The summed E-state index contributed by atoms with van der Waals surface area (Å²) in [7, 11) is 0. The number of benzene rings is 1. The van der Waals surface area contributed by atoms with Crippen molar-refractivity contribution < 1.29 is 5.11 Å². The van der Waals surface area contributed by atoms with E-state index in [-0.39, 0.29) is 0 Å². The lowest BCUT2D eigenvalue weighted by Gasteiger charge is -2.08. The number of rotatable bonds is 3. The third kappa shape index (κ3) is 2.26. The number of halogens is 1. The molecule has 0 saturated heterocycles. The Labute approximate surface area is 99.3 Å². The quantitative estimate of drug-likeness (QED) is 0.890. The molecule has 1 aromatic carbocycles. The number of hydrogen-bond acceptors (Lipinski definition) is 2. The highest BCUT2D eigenvalue weighted by Gasteiger charge is 2.05. The lowest BCUT2D eigenvalue weighted by Crippen LogP contribution is -1.97. The zero-order chi connectivity index (χ0) is 11.5. The second-order valence-corrected chi connectivity index (χ2v) is 4.06. The molecular formula is C12H13ClN2O. The van der Waals surface area contributed by atoms with Crippen LogP contribution in [0.2, 0.25) is 5.02 Å². The second kappa shape index (κ2) is 4.68. The molecule has 3 nitrogen and oxygen atoms in total. The predicted molar refractivity (Wildman–Crippen MR) is 63.8 cm³/mol. The SMILES string of the molecule is CC[C@@H](O)c1ccc(-n2cc(Cl)cn2)cc1. The molecule has 84 valence electrons. The monoisotopic (exact) mass is 236 g/mol. The average Bonchev–Trinajstić information content (AvgIpc) is 2.75. The molecule has 0 aliphatic carbocycles. The summed E-state index contributed by atoms with van der Waals surface area (Å²) in [5.41, 5.74) is 1.85. The molecule has 1 heterocycles. The van der Waals surface area contributed by atoms with E-state index in [1.807, 2.05) is 31.2 Å². The summed E-state index contributed by atoms with van der Waals surface area (Å²) in [5.74, 6) is 0. The maximum atomic E-state index is 9.65. The molecule has 0 amide bonds. The van der Waals surface area contributed by atoms with Crippen LogP contribution < -0.4 is 0 Å². The minimum Gasteiger partial charge on any atom is -0.388 e. The molecule has 0 unspecified atom stereocenters. The van der Waals surface area contributed by atoms with Crippen LogP contribution >= 0.6 is 11.6 Å². The van der Waals surface area contributed by atoms with Crippen molar-refractivity contribution in [3.05, 3.63) is 47.2 Å². The molecular weight excluding hydrogens is 224 g/mol. The van der Waals surface area contributed by atoms with Gasteiger partial charge in [0.1, 0.15) is 0 Å². The molecule has 0 bridgehead atoms. The third-order valence-corrected chi connectivity index (χ3v) is 2.68. The van der Waals surface area contributed by atoms with Crippen molar-refractivity contribution in [2.75, 3.05) is 0 Å². The Morgan fingerprint density at radius 3 is 2.56 bits per heavy atom. The molecule has 0 aliphatic heterocycles. The molecule has 0 saturated carbocycles. The summed E-state index contributed by atoms with van der Waals surface area (Å²) >= 11 is 5.79. The molecule has 16 heavy (non-hydrogen) atoms. The summed E-state index contributed by atoms with van der Waals surface area (Å²) in [6.07, 6.45) is 3.66. The third-order valence-electron chi connectivity index (χ3n) is 2.48. The van der Waals surface area contributed by atoms with Gasteiger partial charge >= 0.3 is 0 Å². The van der Waals surface area contributed by atoms with Gasteiger partial charge in [0.2, 0.25) is 0 Å². The largest absolute Gasteiger partial charge is 0.388 e. The number of aliphatic hydroxyl groups excluding tert-OH is 1. The maximum absolute atomic E-state index is 9.65. The highest BCUT2D eigenvalue weighted by atomic mass is 35.5. The van der Waals surface area contributed by atoms with Crippen molar-refractivity contribution in [1.82, 2.24) is 9.78 Å². The van der Waals surface area contributed by atoms with Gasteiger partial charge in [0, 0.05) is 6.20 Å². The van der Waals surface area contributed by atoms with Crippen molar-refractivity contribution in [2.45, 2.75) is 19.4 Å². The van der Waals surface area contributed by atoms with Gasteiger partial charge in [-0.15, -0.1) is 0 Å². The maximum Gasteiger partial charge on any atom is 0.0790 e. The van der Waals surface area contributed by atoms with Crippen molar-refractivity contribution in [1.29, 1.82) is 0 Å². The minimum absolute atomic E-state index is 0.393. The minimum atomic E-state index is -0.393. The Hall–Kier alpha value is -1.32. The van der Waals surface area contributed by atoms with Gasteiger partial charge in [-0.2, -0.15) is 5.10 Å². The van der Waals surface area contributed by atoms with E-state index in [0.29, 0.717) is 11.4 Å². The molecule has 4 heteroatoms. The van der Waals surface area contributed by atoms with Crippen LogP contribution in [-0.2, 0) is 0 Å². The first-order valence-corrected chi connectivity index (χ1v) is 5.57. The molecule has 0 spiro atoms. The Kier molecular flexibility index (Phi) is 3.27. The predicted octanol–water partition coefficient (Wildman–Crippen LogP) is 2.97. The zero-order valence-electron chi connectivity index (χ0n) is 8.97. The van der Waals surface area contributed by atoms with Gasteiger partial charge in [-0.05, 0) is 24.1 Å². The Morgan fingerprint density at radius 2 is 2.06 bits per heavy atom. The summed E-state index contributed by atoms with van der Waals surface area (Å²) in [5, 5.41) is 14.4. The smallest absolute Gasteiger partial charge is 0.0790 e. The van der Waals surface area contributed by atoms with Gasteiger partial charge in [-0.3, -0.25) is 0 Å². The number of aliphatic hydroxyl groups is 1. The van der Waals surface area contributed by atoms with E-state index in [9.17, 15) is 5.11 Å². The molecule has 1 atom stereocenters. The lowest BCUT2D eigenvalue weighted by atomic mass is 10.1. The van der Waals surface area contributed by atoms with Crippen molar-refractivity contribution >= 4 is 11.6 Å². The molecule has 1 N–H and O–H groups in total. The van der Waals surface area contributed by atoms with E-state index in [1.165, 1.54) is 0 Å². The first-order valence-electron chi connectivity index (χ1n) is 5.19. The van der Waals surface area contributed by atoms with Crippen LogP contribution in [0.15, 0.2) is 36.7 Å². The Bertz CT molecular complexity index is 464. The van der Waals surface area contributed by atoms with E-state index in [1.54, 1.807) is 17.1 Å². The summed E-state index contributed by atoms with van der Waals surface area (Å²) in [4.78, 5) is 0. The average molecular weight is 237 g/mol. The first-order chi connectivity index (χ1) is 7.70. The fourth-order valence-electron chi connectivity index (χ4n) is 1.53. The highest BCUT2D eigenvalue weighted by molar-refractivity contribution is 6.30. The van der Waals surface area contributed by atoms with Crippen molar-refractivity contribution in [3.8, 4) is 5.69 Å². The first kappa shape index (κ1) is 11.2. The van der Waals surface area contributed by atoms with Gasteiger partial charge in [-0.25, -0.2) is 4.68 Å². The molecule has 2 rings (SSSR count). The van der Waals surface area contributed by atoms with Gasteiger partial charge < -0.3 is 5.11 Å². The van der Waals surface area contributed by atoms with E-state index in [0.717, 1.165) is 11.3 Å². The topological polar surface area (TPSA) is 38.0 Å². The summed E-state index contributed by atoms with van der Waals surface area (Å²) < 4.78 is 1.70. The van der Waals surface area contributed by atoms with Gasteiger partial charge in [0.25, 0.3) is 0 Å². The summed E-state index contributed by atoms with van der Waals surface area (Å²) in [6.45, 7) is 1.95. The van der Waals surface area contributed by atoms with Gasteiger partial charge in [0.15, 0.2) is 0 Å². The van der Waals surface area contributed by atoms with Crippen LogP contribution in [0.5, 0.6) is 0 Å². The number of hydrogen-bond donors (Lipinski definition) is 1. The molecule has 1 aromatic heterocycles. The number of aromatic nitrogens is 2. The Balaban J connectivity index is 2.25. The molecule has 0 radical (unpaired) electrons. The van der Waals surface area contributed by atoms with Crippen molar-refractivity contribution in [2.24, 2.45) is 0 Å². The lowest BCUT2D eigenvalue weighted by molar-refractivity contribution is 0.173. The van der Waals surface area contributed by atoms with E-state index < -0.39 is 6.10 Å². The van der Waals surface area contributed by atoms with Gasteiger partial charge in [-0.1, -0.05) is 30.7 Å². The van der Waals surface area contributed by atoms with Crippen LogP contribution in [0, 0.1) is 0 Å².